The lowest BCUT2D eigenvalue weighted by Gasteiger charge is -2.07. The Morgan fingerprint density at radius 2 is 2.00 bits per heavy atom. The Labute approximate surface area is 148 Å². The molecule has 0 saturated heterocycles. The zero-order chi connectivity index (χ0) is 17.6. The maximum absolute atomic E-state index is 12.9. The Morgan fingerprint density at radius 3 is 2.72 bits per heavy atom. The minimum Gasteiger partial charge on any atom is -0.325 e. The lowest BCUT2D eigenvalue weighted by atomic mass is 10.2. The van der Waals surface area contributed by atoms with E-state index in [1.165, 1.54) is 36.0 Å². The second kappa shape index (κ2) is 7.85. The van der Waals surface area contributed by atoms with Crippen LogP contribution in [0.2, 0.25) is 0 Å². The van der Waals surface area contributed by atoms with Gasteiger partial charge in [0.25, 0.3) is 0 Å². The van der Waals surface area contributed by atoms with Crippen molar-refractivity contribution in [3.8, 4) is 11.4 Å². The molecule has 0 unspecified atom stereocenters. The molecule has 0 fully saturated rings. The number of thioether (sulfide) groups is 1. The van der Waals surface area contributed by atoms with Crippen LogP contribution in [0.25, 0.3) is 11.4 Å². The van der Waals surface area contributed by atoms with Crippen molar-refractivity contribution in [1.82, 2.24) is 15.0 Å². The van der Waals surface area contributed by atoms with Crippen LogP contribution in [0.1, 0.15) is 5.69 Å². The number of hydrogen-bond acceptors (Lipinski definition) is 5. The van der Waals surface area contributed by atoms with E-state index in [9.17, 15) is 9.18 Å². The smallest absolute Gasteiger partial charge is 0.234 e. The summed E-state index contributed by atoms with van der Waals surface area (Å²) >= 11 is 1.32. The van der Waals surface area contributed by atoms with Crippen LogP contribution >= 0.6 is 11.8 Å². The van der Waals surface area contributed by atoms with E-state index >= 15 is 0 Å². The molecule has 3 aromatic rings. The number of nitrogens with zero attached hydrogens (tertiary/aromatic N) is 3. The predicted octanol–water partition coefficient (Wildman–Crippen LogP) is 3.72. The van der Waals surface area contributed by atoms with E-state index in [0.29, 0.717) is 16.5 Å². The molecule has 1 N–H and O–H groups in total. The fraction of sp³-hybridized carbons (Fsp3) is 0.111. The Morgan fingerprint density at radius 1 is 1.20 bits per heavy atom. The number of amides is 1. The molecule has 0 aliphatic heterocycles. The molecule has 126 valence electrons. The highest BCUT2D eigenvalue weighted by Crippen LogP contribution is 2.21. The summed E-state index contributed by atoms with van der Waals surface area (Å²) in [6.07, 6.45) is 3.39. The molecule has 0 atom stereocenters. The number of nitrogens with one attached hydrogen (secondary N) is 1. The van der Waals surface area contributed by atoms with Gasteiger partial charge in [-0.25, -0.2) is 14.4 Å². The molecular formula is C18H15FN4OS. The van der Waals surface area contributed by atoms with Gasteiger partial charge in [-0.2, -0.15) is 0 Å². The molecule has 5 nitrogen and oxygen atoms in total. The van der Waals surface area contributed by atoms with Crippen molar-refractivity contribution in [2.45, 2.75) is 11.9 Å². The number of halogens is 1. The molecule has 3 rings (SSSR count). The molecule has 0 aliphatic carbocycles. The van der Waals surface area contributed by atoms with Gasteiger partial charge in [0.05, 0.1) is 5.75 Å². The van der Waals surface area contributed by atoms with Gasteiger partial charge in [0.1, 0.15) is 10.8 Å². The largest absolute Gasteiger partial charge is 0.325 e. The Kier molecular flexibility index (Phi) is 5.35. The summed E-state index contributed by atoms with van der Waals surface area (Å²) in [5.74, 6) is 0.248. The summed E-state index contributed by atoms with van der Waals surface area (Å²) in [5, 5.41) is 3.43. The average Bonchev–Trinajstić information content (AvgIpc) is 2.62. The second-order valence-corrected chi connectivity index (χ2v) is 6.25. The van der Waals surface area contributed by atoms with E-state index in [1.807, 2.05) is 25.1 Å². The number of carbonyl (C=O) groups is 1. The summed E-state index contributed by atoms with van der Waals surface area (Å²) in [7, 11) is 0. The van der Waals surface area contributed by atoms with Gasteiger partial charge in [0.15, 0.2) is 5.82 Å². The summed E-state index contributed by atoms with van der Waals surface area (Å²) < 4.78 is 12.9. The van der Waals surface area contributed by atoms with Crippen LogP contribution in [0.5, 0.6) is 0 Å². The van der Waals surface area contributed by atoms with Crippen LogP contribution in [0.15, 0.2) is 59.9 Å². The van der Waals surface area contributed by atoms with Gasteiger partial charge in [-0.15, -0.1) is 0 Å². The zero-order valence-corrected chi connectivity index (χ0v) is 14.3. The Hall–Kier alpha value is -2.80. The first-order valence-electron chi connectivity index (χ1n) is 7.54. The lowest BCUT2D eigenvalue weighted by Crippen LogP contribution is -2.14. The summed E-state index contributed by atoms with van der Waals surface area (Å²) in [6.45, 7) is 1.88. The summed E-state index contributed by atoms with van der Waals surface area (Å²) in [4.78, 5) is 25.0. The third-order valence-electron chi connectivity index (χ3n) is 3.23. The molecule has 25 heavy (non-hydrogen) atoms. The Balaban J connectivity index is 1.65. The number of carbonyl (C=O) groups excluding carboxylic acids is 1. The maximum atomic E-state index is 12.9. The van der Waals surface area contributed by atoms with Crippen LogP contribution < -0.4 is 5.32 Å². The van der Waals surface area contributed by atoms with E-state index in [-0.39, 0.29) is 17.5 Å². The molecule has 1 aromatic carbocycles. The van der Waals surface area contributed by atoms with Gasteiger partial charge in [-0.1, -0.05) is 11.8 Å². The highest BCUT2D eigenvalue weighted by molar-refractivity contribution is 7.99. The quantitative estimate of drug-likeness (QED) is 0.559. The first-order chi connectivity index (χ1) is 12.1. The van der Waals surface area contributed by atoms with Crippen LogP contribution in [0, 0.1) is 12.7 Å². The molecule has 0 aliphatic rings. The number of aryl methyl sites for hydroxylation is 1. The monoisotopic (exact) mass is 354 g/mol. The van der Waals surface area contributed by atoms with Crippen molar-refractivity contribution in [2.24, 2.45) is 0 Å². The van der Waals surface area contributed by atoms with E-state index in [0.717, 1.165) is 11.3 Å². The fourth-order valence-corrected chi connectivity index (χ4v) is 2.86. The lowest BCUT2D eigenvalue weighted by molar-refractivity contribution is -0.113. The first-order valence-corrected chi connectivity index (χ1v) is 8.53. The molecule has 0 bridgehead atoms. The number of hydrogen-bond donors (Lipinski definition) is 1. The van der Waals surface area contributed by atoms with Gasteiger partial charge in [0.2, 0.25) is 5.91 Å². The molecule has 0 radical (unpaired) electrons. The van der Waals surface area contributed by atoms with Crippen molar-refractivity contribution in [1.29, 1.82) is 0 Å². The van der Waals surface area contributed by atoms with Gasteiger partial charge in [0, 0.05) is 29.3 Å². The van der Waals surface area contributed by atoms with E-state index in [4.69, 9.17) is 0 Å². The molecule has 0 saturated carbocycles. The SMILES string of the molecule is Cc1cc(SCC(=O)Nc2ccc(F)cc2)nc(-c2cccnc2)n1. The van der Waals surface area contributed by atoms with Gasteiger partial charge in [-0.3, -0.25) is 9.78 Å². The minimum absolute atomic E-state index is 0.184. The molecule has 7 heteroatoms. The van der Waals surface area contributed by atoms with E-state index in [1.54, 1.807) is 12.4 Å². The van der Waals surface area contributed by atoms with Gasteiger partial charge >= 0.3 is 0 Å². The van der Waals surface area contributed by atoms with Crippen molar-refractivity contribution in [3.63, 3.8) is 0 Å². The van der Waals surface area contributed by atoms with Crippen LogP contribution in [-0.2, 0) is 4.79 Å². The van der Waals surface area contributed by atoms with Crippen molar-refractivity contribution in [2.75, 3.05) is 11.1 Å². The minimum atomic E-state index is -0.341. The molecule has 2 heterocycles. The first kappa shape index (κ1) is 17.0. The van der Waals surface area contributed by atoms with E-state index < -0.39 is 0 Å². The number of rotatable bonds is 5. The van der Waals surface area contributed by atoms with Crippen molar-refractivity contribution in [3.05, 3.63) is 66.4 Å². The second-order valence-electron chi connectivity index (χ2n) is 5.26. The highest BCUT2D eigenvalue weighted by atomic mass is 32.2. The number of pyridine rings is 1. The third-order valence-corrected chi connectivity index (χ3v) is 4.14. The van der Waals surface area contributed by atoms with Gasteiger partial charge in [-0.05, 0) is 49.4 Å². The molecule has 1 amide bonds. The standard InChI is InChI=1S/C18H15FN4OS/c1-12-9-17(23-18(21-12)13-3-2-8-20-10-13)25-11-16(24)22-15-6-4-14(19)5-7-15/h2-10H,11H2,1H3,(H,22,24). The van der Waals surface area contributed by atoms with E-state index in [2.05, 4.69) is 20.3 Å². The average molecular weight is 354 g/mol. The molecule has 2 aromatic heterocycles. The summed E-state index contributed by atoms with van der Waals surface area (Å²) in [6, 6.07) is 11.2. The Bertz CT molecular complexity index is 872. The topological polar surface area (TPSA) is 67.8 Å². The number of anilines is 1. The number of benzene rings is 1. The van der Waals surface area contributed by atoms with Gasteiger partial charge < -0.3 is 5.32 Å². The fourth-order valence-electron chi connectivity index (χ4n) is 2.11. The van der Waals surface area contributed by atoms with Crippen LogP contribution in [-0.4, -0.2) is 26.6 Å². The number of aromatic nitrogens is 3. The maximum Gasteiger partial charge on any atom is 0.234 e. The summed E-state index contributed by atoms with van der Waals surface area (Å²) in [5.41, 5.74) is 2.20. The van der Waals surface area contributed by atoms with Crippen molar-refractivity contribution >= 4 is 23.4 Å². The molecular weight excluding hydrogens is 339 g/mol. The molecule has 0 spiro atoms. The van der Waals surface area contributed by atoms with Crippen LogP contribution in [0.3, 0.4) is 0 Å². The van der Waals surface area contributed by atoms with Crippen molar-refractivity contribution < 1.29 is 9.18 Å². The predicted molar refractivity (Wildman–Crippen MR) is 95.8 cm³/mol. The highest BCUT2D eigenvalue weighted by Gasteiger charge is 2.09. The third kappa shape index (κ3) is 4.84. The van der Waals surface area contributed by atoms with Crippen LogP contribution in [0.4, 0.5) is 10.1 Å². The normalized spacial score (nSPS) is 10.5. The zero-order valence-electron chi connectivity index (χ0n) is 13.4.